The molecule has 0 spiro atoms. The predicted octanol–water partition coefficient (Wildman–Crippen LogP) is 1.96. The van der Waals surface area contributed by atoms with E-state index in [9.17, 15) is 4.79 Å². The summed E-state index contributed by atoms with van der Waals surface area (Å²) >= 11 is 0. The maximum absolute atomic E-state index is 12.0. The van der Waals surface area contributed by atoms with Crippen molar-refractivity contribution in [3.05, 3.63) is 12.7 Å². The van der Waals surface area contributed by atoms with E-state index in [-0.39, 0.29) is 12.5 Å². The highest BCUT2D eigenvalue weighted by Gasteiger charge is 2.20. The Morgan fingerprint density at radius 1 is 1.38 bits per heavy atom. The molecule has 1 aliphatic carbocycles. The minimum atomic E-state index is 0.0320. The highest BCUT2D eigenvalue weighted by atomic mass is 16.3. The largest absolute Gasteiger partial charge is 0.395 e. The fourth-order valence-corrected chi connectivity index (χ4v) is 2.36. The lowest BCUT2D eigenvalue weighted by Crippen LogP contribution is -2.35. The molecule has 0 aliphatic heterocycles. The lowest BCUT2D eigenvalue weighted by Gasteiger charge is -2.25. The molecule has 0 aromatic carbocycles. The third-order valence-corrected chi connectivity index (χ3v) is 3.26. The number of rotatable bonds is 6. The summed E-state index contributed by atoms with van der Waals surface area (Å²) in [4.78, 5) is 13.7. The van der Waals surface area contributed by atoms with Gasteiger partial charge in [-0.3, -0.25) is 4.79 Å². The molecule has 3 nitrogen and oxygen atoms in total. The molecule has 1 fully saturated rings. The van der Waals surface area contributed by atoms with E-state index in [2.05, 4.69) is 6.58 Å². The highest BCUT2D eigenvalue weighted by Crippen LogP contribution is 2.26. The van der Waals surface area contributed by atoms with Crippen LogP contribution in [0.2, 0.25) is 0 Å². The number of amides is 1. The van der Waals surface area contributed by atoms with Gasteiger partial charge in [-0.15, -0.1) is 6.58 Å². The summed E-state index contributed by atoms with van der Waals surface area (Å²) in [5.74, 6) is 0.730. The van der Waals surface area contributed by atoms with Crippen molar-refractivity contribution >= 4 is 5.91 Å². The first-order valence-corrected chi connectivity index (χ1v) is 6.27. The Morgan fingerprint density at radius 3 is 2.62 bits per heavy atom. The van der Waals surface area contributed by atoms with Gasteiger partial charge >= 0.3 is 0 Å². The highest BCUT2D eigenvalue weighted by molar-refractivity contribution is 5.76. The SMILES string of the molecule is C=CCN(CCO)C(=O)CC1CCCCC1. The maximum atomic E-state index is 12.0. The van der Waals surface area contributed by atoms with Crippen molar-refractivity contribution in [2.75, 3.05) is 19.7 Å². The smallest absolute Gasteiger partial charge is 0.223 e. The number of carbonyl (C=O) groups excluding carboxylic acids is 1. The number of aliphatic hydroxyl groups is 1. The van der Waals surface area contributed by atoms with Crippen LogP contribution in [0.25, 0.3) is 0 Å². The fraction of sp³-hybridized carbons (Fsp3) is 0.769. The standard InChI is InChI=1S/C13H23NO2/c1-2-8-14(9-10-15)13(16)11-12-6-4-3-5-7-12/h2,12,15H,1,3-11H2. The molecule has 1 amide bonds. The average molecular weight is 225 g/mol. The molecule has 0 radical (unpaired) electrons. The Labute approximate surface area is 98.1 Å². The van der Waals surface area contributed by atoms with Gasteiger partial charge in [-0.25, -0.2) is 0 Å². The number of carbonyl (C=O) groups is 1. The van der Waals surface area contributed by atoms with Crippen LogP contribution in [0.3, 0.4) is 0 Å². The Morgan fingerprint density at radius 2 is 2.06 bits per heavy atom. The van der Waals surface area contributed by atoms with Crippen molar-refractivity contribution in [1.82, 2.24) is 4.90 Å². The van der Waals surface area contributed by atoms with Gasteiger partial charge in [0.05, 0.1) is 6.61 Å². The van der Waals surface area contributed by atoms with Gasteiger partial charge in [0, 0.05) is 19.5 Å². The van der Waals surface area contributed by atoms with E-state index in [1.807, 2.05) is 0 Å². The van der Waals surface area contributed by atoms with Crippen LogP contribution >= 0.6 is 0 Å². The van der Waals surface area contributed by atoms with Crippen molar-refractivity contribution < 1.29 is 9.90 Å². The van der Waals surface area contributed by atoms with E-state index in [0.717, 1.165) is 0 Å². The first-order chi connectivity index (χ1) is 7.77. The van der Waals surface area contributed by atoms with Gasteiger partial charge in [-0.2, -0.15) is 0 Å². The molecule has 16 heavy (non-hydrogen) atoms. The number of nitrogens with zero attached hydrogens (tertiary/aromatic N) is 1. The molecule has 0 heterocycles. The number of hydrogen-bond donors (Lipinski definition) is 1. The predicted molar refractivity (Wildman–Crippen MR) is 65.1 cm³/mol. The molecule has 0 aromatic heterocycles. The molecule has 0 aromatic rings. The topological polar surface area (TPSA) is 40.5 Å². The van der Waals surface area contributed by atoms with Gasteiger partial charge in [0.25, 0.3) is 0 Å². The van der Waals surface area contributed by atoms with E-state index < -0.39 is 0 Å². The quantitative estimate of drug-likeness (QED) is 0.702. The lowest BCUT2D eigenvalue weighted by molar-refractivity contribution is -0.132. The third-order valence-electron chi connectivity index (χ3n) is 3.26. The van der Waals surface area contributed by atoms with E-state index in [1.165, 1.54) is 32.1 Å². The zero-order valence-electron chi connectivity index (χ0n) is 10.0. The summed E-state index contributed by atoms with van der Waals surface area (Å²) < 4.78 is 0. The summed E-state index contributed by atoms with van der Waals surface area (Å²) in [6.07, 6.45) is 8.58. The van der Waals surface area contributed by atoms with Crippen LogP contribution in [-0.4, -0.2) is 35.6 Å². The normalized spacial score (nSPS) is 17.1. The second-order valence-electron chi connectivity index (χ2n) is 4.56. The van der Waals surface area contributed by atoms with E-state index in [4.69, 9.17) is 5.11 Å². The van der Waals surface area contributed by atoms with Gasteiger partial charge in [0.2, 0.25) is 5.91 Å². The molecule has 3 heteroatoms. The molecule has 0 bridgehead atoms. The summed E-state index contributed by atoms with van der Waals surface area (Å²) in [5, 5.41) is 8.89. The van der Waals surface area contributed by atoms with Gasteiger partial charge in [-0.1, -0.05) is 25.3 Å². The molecule has 0 saturated heterocycles. The Hall–Kier alpha value is -0.830. The first kappa shape index (κ1) is 13.2. The van der Waals surface area contributed by atoms with Crippen LogP contribution in [-0.2, 0) is 4.79 Å². The molecule has 1 rings (SSSR count). The van der Waals surface area contributed by atoms with Gasteiger partial charge in [-0.05, 0) is 18.8 Å². The molecule has 1 N–H and O–H groups in total. The van der Waals surface area contributed by atoms with Gasteiger partial charge < -0.3 is 10.0 Å². The van der Waals surface area contributed by atoms with Crippen LogP contribution < -0.4 is 0 Å². The Kier molecular flexibility index (Phi) is 6.16. The van der Waals surface area contributed by atoms with E-state index >= 15 is 0 Å². The molecule has 92 valence electrons. The minimum Gasteiger partial charge on any atom is -0.395 e. The zero-order valence-corrected chi connectivity index (χ0v) is 10.0. The lowest BCUT2D eigenvalue weighted by atomic mass is 9.86. The van der Waals surface area contributed by atoms with Crippen LogP contribution in [0.4, 0.5) is 0 Å². The van der Waals surface area contributed by atoms with E-state index in [1.54, 1.807) is 11.0 Å². The summed E-state index contributed by atoms with van der Waals surface area (Å²) in [5.41, 5.74) is 0. The minimum absolute atomic E-state index is 0.0320. The molecular weight excluding hydrogens is 202 g/mol. The zero-order chi connectivity index (χ0) is 11.8. The van der Waals surface area contributed by atoms with Gasteiger partial charge in [0.1, 0.15) is 0 Å². The Balaban J connectivity index is 2.37. The summed E-state index contributed by atoms with van der Waals surface area (Å²) in [7, 11) is 0. The molecule has 1 saturated carbocycles. The average Bonchev–Trinajstić information content (AvgIpc) is 2.30. The van der Waals surface area contributed by atoms with Crippen molar-refractivity contribution in [2.24, 2.45) is 5.92 Å². The summed E-state index contributed by atoms with van der Waals surface area (Å²) in [6, 6.07) is 0. The second-order valence-corrected chi connectivity index (χ2v) is 4.56. The number of hydrogen-bond acceptors (Lipinski definition) is 2. The van der Waals surface area contributed by atoms with Crippen LogP contribution in [0.5, 0.6) is 0 Å². The fourth-order valence-electron chi connectivity index (χ4n) is 2.36. The molecule has 0 atom stereocenters. The van der Waals surface area contributed by atoms with Crippen molar-refractivity contribution in [3.8, 4) is 0 Å². The van der Waals surface area contributed by atoms with Crippen LogP contribution in [0.1, 0.15) is 38.5 Å². The van der Waals surface area contributed by atoms with Crippen LogP contribution in [0, 0.1) is 5.92 Å². The second kappa shape index (κ2) is 7.44. The van der Waals surface area contributed by atoms with Crippen molar-refractivity contribution in [3.63, 3.8) is 0 Å². The Bertz CT molecular complexity index is 222. The van der Waals surface area contributed by atoms with E-state index in [0.29, 0.717) is 25.4 Å². The number of aliphatic hydroxyl groups excluding tert-OH is 1. The maximum Gasteiger partial charge on any atom is 0.223 e. The van der Waals surface area contributed by atoms with Gasteiger partial charge in [0.15, 0.2) is 0 Å². The van der Waals surface area contributed by atoms with Crippen LogP contribution in [0.15, 0.2) is 12.7 Å². The van der Waals surface area contributed by atoms with Crippen molar-refractivity contribution in [2.45, 2.75) is 38.5 Å². The third kappa shape index (κ3) is 4.35. The summed E-state index contributed by atoms with van der Waals surface area (Å²) in [6.45, 7) is 4.64. The molecular formula is C13H23NO2. The monoisotopic (exact) mass is 225 g/mol. The molecule has 1 aliphatic rings. The molecule has 0 unspecified atom stereocenters. The van der Waals surface area contributed by atoms with Crippen molar-refractivity contribution in [1.29, 1.82) is 0 Å². The first-order valence-electron chi connectivity index (χ1n) is 6.27.